The molecule has 0 aromatic rings. The number of hydrogen-bond acceptors (Lipinski definition) is 0. The largest absolute Gasteiger partial charge is 0.115 e. The Morgan fingerprint density at radius 3 is 2.46 bits per heavy atom. The van der Waals surface area contributed by atoms with Crippen LogP contribution in [0.15, 0.2) is 24.3 Å². The Kier molecular flexibility index (Phi) is 5.04. The van der Waals surface area contributed by atoms with Crippen molar-refractivity contribution in [3.05, 3.63) is 24.3 Å². The molecule has 0 nitrogen and oxygen atoms in total. The Morgan fingerprint density at radius 2 is 1.75 bits per heavy atom. The summed E-state index contributed by atoms with van der Waals surface area (Å²) < 4.78 is 0. The maximum atomic E-state index is 4.83. The third-order valence-corrected chi connectivity index (χ3v) is 11.3. The van der Waals surface area contributed by atoms with Crippen LogP contribution in [0, 0.1) is 34.0 Å². The van der Waals surface area contributed by atoms with Gasteiger partial charge in [-0.25, -0.2) is 0 Å². The molecular formula is C27H45B. The molecule has 4 fully saturated rings. The van der Waals surface area contributed by atoms with Crippen LogP contribution in [0.3, 0.4) is 0 Å². The van der Waals surface area contributed by atoms with E-state index < -0.39 is 0 Å². The van der Waals surface area contributed by atoms with Gasteiger partial charge in [-0.2, -0.15) is 0 Å². The highest BCUT2D eigenvalue weighted by atomic mass is 14.7. The molecule has 156 valence electrons. The second-order valence-electron chi connectivity index (χ2n) is 12.5. The molecule has 0 radical (unpaired) electrons. The highest BCUT2D eigenvalue weighted by molar-refractivity contribution is 6.18. The Hall–Kier alpha value is -0.455. The molecule has 4 rings (SSSR count). The van der Waals surface area contributed by atoms with Crippen molar-refractivity contribution in [3.63, 3.8) is 0 Å². The van der Waals surface area contributed by atoms with Crippen LogP contribution in [0.5, 0.6) is 0 Å². The predicted octanol–water partition coefficient (Wildman–Crippen LogP) is 7.51. The summed E-state index contributed by atoms with van der Waals surface area (Å²) in [5.41, 5.74) is 4.57. The molecule has 0 spiro atoms. The van der Waals surface area contributed by atoms with Gasteiger partial charge in [-0.15, -0.1) is 6.58 Å². The molecule has 7 atom stereocenters. The van der Waals surface area contributed by atoms with Crippen molar-refractivity contribution in [2.75, 3.05) is 0 Å². The standard InChI is InChI=1S/C27H45B/c1-19(2)10-9-11-21-12-13-22-25(21,5)17-14-23-26(6)16-8-7-15-24(26,4)18-20(3)27(22,23)28/h21-23H,1,3,7-18,28H2,2,4-6H3. The summed E-state index contributed by atoms with van der Waals surface area (Å²) in [5, 5.41) is 0.377. The van der Waals surface area contributed by atoms with Crippen LogP contribution < -0.4 is 0 Å². The monoisotopic (exact) mass is 380 g/mol. The Balaban J connectivity index is 1.63. The Labute approximate surface area is 176 Å². The summed E-state index contributed by atoms with van der Waals surface area (Å²) >= 11 is 0. The molecule has 0 aromatic heterocycles. The second kappa shape index (κ2) is 6.78. The van der Waals surface area contributed by atoms with E-state index in [4.69, 9.17) is 6.58 Å². The van der Waals surface area contributed by atoms with E-state index >= 15 is 0 Å². The highest BCUT2D eigenvalue weighted by Crippen LogP contribution is 2.78. The highest BCUT2D eigenvalue weighted by Gasteiger charge is 2.67. The van der Waals surface area contributed by atoms with Gasteiger partial charge in [-0.1, -0.05) is 51.3 Å². The van der Waals surface area contributed by atoms with Crippen molar-refractivity contribution < 1.29 is 0 Å². The molecule has 4 aliphatic rings. The van der Waals surface area contributed by atoms with Crippen molar-refractivity contribution in [1.29, 1.82) is 0 Å². The van der Waals surface area contributed by atoms with E-state index in [1.807, 2.05) is 0 Å². The maximum absolute atomic E-state index is 4.83. The third-order valence-electron chi connectivity index (χ3n) is 11.3. The molecule has 0 amide bonds. The fraction of sp³-hybridized carbons (Fsp3) is 0.852. The number of hydrogen-bond donors (Lipinski definition) is 0. The minimum absolute atomic E-state index is 0.377. The zero-order chi connectivity index (χ0) is 20.4. The molecule has 1 heteroatoms. The van der Waals surface area contributed by atoms with Gasteiger partial charge in [0, 0.05) is 0 Å². The van der Waals surface area contributed by atoms with Crippen molar-refractivity contribution in [1.82, 2.24) is 0 Å². The van der Waals surface area contributed by atoms with Crippen LogP contribution in [0.2, 0.25) is 5.31 Å². The van der Waals surface area contributed by atoms with Crippen LogP contribution in [-0.2, 0) is 0 Å². The molecule has 7 unspecified atom stereocenters. The lowest BCUT2D eigenvalue weighted by Crippen LogP contribution is -2.60. The van der Waals surface area contributed by atoms with E-state index in [-0.39, 0.29) is 0 Å². The van der Waals surface area contributed by atoms with E-state index in [9.17, 15) is 0 Å². The molecule has 4 saturated carbocycles. The average molecular weight is 380 g/mol. The van der Waals surface area contributed by atoms with Crippen LogP contribution in [0.25, 0.3) is 0 Å². The minimum atomic E-state index is 0.377. The molecule has 0 N–H and O–H groups in total. The maximum Gasteiger partial charge on any atom is 0.115 e. The van der Waals surface area contributed by atoms with Gasteiger partial charge in [0.05, 0.1) is 0 Å². The van der Waals surface area contributed by atoms with Gasteiger partial charge in [0.15, 0.2) is 0 Å². The lowest BCUT2D eigenvalue weighted by molar-refractivity contribution is -0.121. The van der Waals surface area contributed by atoms with Crippen LogP contribution >= 0.6 is 0 Å². The van der Waals surface area contributed by atoms with E-state index in [0.717, 1.165) is 17.8 Å². The first-order valence-corrected chi connectivity index (χ1v) is 12.4. The van der Waals surface area contributed by atoms with E-state index in [0.29, 0.717) is 21.6 Å². The molecule has 0 saturated heterocycles. The van der Waals surface area contributed by atoms with Gasteiger partial charge in [-0.05, 0) is 110 Å². The summed E-state index contributed by atoms with van der Waals surface area (Å²) in [5.74, 6) is 2.65. The first-order valence-electron chi connectivity index (χ1n) is 12.4. The number of fused-ring (bicyclic) bond motifs is 5. The van der Waals surface area contributed by atoms with Crippen LogP contribution in [-0.4, -0.2) is 7.85 Å². The normalized spacial score (nSPS) is 50.6. The SMILES string of the molecule is BC12C(=C)CC3(C)CCCCC3(C)C1CCC1(C)C(CCCC(=C)C)CCC12. The van der Waals surface area contributed by atoms with Crippen molar-refractivity contribution in [3.8, 4) is 0 Å². The van der Waals surface area contributed by atoms with Gasteiger partial charge < -0.3 is 0 Å². The van der Waals surface area contributed by atoms with Crippen molar-refractivity contribution in [2.45, 2.75) is 110 Å². The average Bonchev–Trinajstić information content (AvgIpc) is 2.94. The van der Waals surface area contributed by atoms with Crippen LogP contribution in [0.1, 0.15) is 105 Å². The lowest BCUT2D eigenvalue weighted by atomic mass is 9.30. The van der Waals surface area contributed by atoms with E-state index in [1.165, 1.54) is 82.6 Å². The summed E-state index contributed by atoms with van der Waals surface area (Å²) in [6.07, 6.45) is 16.9. The number of allylic oxidation sites excluding steroid dienone is 2. The third kappa shape index (κ3) is 2.70. The van der Waals surface area contributed by atoms with E-state index in [1.54, 1.807) is 5.57 Å². The van der Waals surface area contributed by atoms with Crippen LogP contribution in [0.4, 0.5) is 0 Å². The summed E-state index contributed by atoms with van der Waals surface area (Å²) in [6.45, 7) is 19.2. The second-order valence-corrected chi connectivity index (χ2v) is 12.5. The first kappa shape index (κ1) is 20.8. The van der Waals surface area contributed by atoms with Gasteiger partial charge in [0.25, 0.3) is 0 Å². The molecule has 0 aliphatic heterocycles. The lowest BCUT2D eigenvalue weighted by Gasteiger charge is -2.70. The smallest absolute Gasteiger partial charge is 0.100 e. The zero-order valence-corrected chi connectivity index (χ0v) is 19.6. The zero-order valence-electron chi connectivity index (χ0n) is 19.6. The molecule has 28 heavy (non-hydrogen) atoms. The first-order chi connectivity index (χ1) is 13.1. The summed E-state index contributed by atoms with van der Waals surface area (Å²) in [4.78, 5) is 0. The summed E-state index contributed by atoms with van der Waals surface area (Å²) in [7, 11) is 2.68. The summed E-state index contributed by atoms with van der Waals surface area (Å²) in [6, 6.07) is 0. The van der Waals surface area contributed by atoms with Gasteiger partial charge >= 0.3 is 0 Å². The predicted molar refractivity (Wildman–Crippen MR) is 125 cm³/mol. The van der Waals surface area contributed by atoms with Gasteiger partial charge in [0.2, 0.25) is 0 Å². The number of rotatable bonds is 4. The van der Waals surface area contributed by atoms with Gasteiger partial charge in [0.1, 0.15) is 7.85 Å². The van der Waals surface area contributed by atoms with Crippen molar-refractivity contribution >= 4 is 7.85 Å². The molecule has 0 bridgehead atoms. The molecule has 0 heterocycles. The van der Waals surface area contributed by atoms with Crippen molar-refractivity contribution in [2.24, 2.45) is 34.0 Å². The minimum Gasteiger partial charge on any atom is -0.100 e. The quantitative estimate of drug-likeness (QED) is 0.350. The van der Waals surface area contributed by atoms with E-state index in [2.05, 4.69) is 42.1 Å². The molecule has 4 aliphatic carbocycles. The van der Waals surface area contributed by atoms with Gasteiger partial charge in [-0.3, -0.25) is 0 Å². The molecule has 0 aromatic carbocycles. The topological polar surface area (TPSA) is 0 Å². The fourth-order valence-corrected chi connectivity index (χ4v) is 9.41. The Morgan fingerprint density at radius 1 is 1.04 bits per heavy atom. The fourth-order valence-electron chi connectivity index (χ4n) is 9.41. The molecular weight excluding hydrogens is 335 g/mol. The Bertz CT molecular complexity index is 663.